The molecule has 1 spiro atoms. The van der Waals surface area contributed by atoms with Crippen molar-refractivity contribution in [3.63, 3.8) is 0 Å². The smallest absolute Gasteiger partial charge is 0.184 e. The van der Waals surface area contributed by atoms with Crippen molar-refractivity contribution in [2.45, 2.75) is 107 Å². The van der Waals surface area contributed by atoms with E-state index in [1.54, 1.807) is 0 Å². The maximum atomic E-state index is 10.5. The van der Waals surface area contributed by atoms with Crippen molar-refractivity contribution < 1.29 is 28.8 Å². The highest BCUT2D eigenvalue weighted by atomic mass is 28.3. The van der Waals surface area contributed by atoms with Crippen molar-refractivity contribution in [2.75, 3.05) is 13.4 Å². The molecule has 4 aliphatic rings. The number of hydrogen-bond acceptors (Lipinski definition) is 6. The molecule has 0 aromatic heterocycles. The third kappa shape index (κ3) is 3.77. The number of fused-ring (bicyclic) bond motifs is 4. The van der Waals surface area contributed by atoms with E-state index in [0.29, 0.717) is 19.4 Å². The first-order valence-electron chi connectivity index (χ1n) is 10.2. The van der Waals surface area contributed by atoms with Gasteiger partial charge in [-0.3, -0.25) is 0 Å². The second-order valence-electron chi connectivity index (χ2n) is 9.69. The number of hydrogen-bond donors (Lipinski definition) is 1. The van der Waals surface area contributed by atoms with Gasteiger partial charge in [-0.1, -0.05) is 26.1 Å². The van der Waals surface area contributed by atoms with Crippen LogP contribution in [0.1, 0.15) is 44.9 Å². The SMILES string of the molecule is C[Si](C)(C)CCOCO[C@@]12C[C@@H](OC1O)[C@@H]1OC3(CCCCC3)O[C@@H]1C2. The predicted octanol–water partition coefficient (Wildman–Crippen LogP) is 3.01. The molecule has 2 aliphatic carbocycles. The molecule has 2 heterocycles. The van der Waals surface area contributed by atoms with E-state index in [1.807, 2.05) is 0 Å². The number of ether oxygens (including phenoxy) is 5. The Balaban J connectivity index is 1.34. The monoisotopic (exact) mass is 386 g/mol. The normalized spacial score (nSPS) is 41.5. The van der Waals surface area contributed by atoms with Crippen LogP contribution in [0.4, 0.5) is 0 Å². The zero-order chi connectivity index (χ0) is 18.4. The average molecular weight is 387 g/mol. The molecule has 4 fully saturated rings. The lowest BCUT2D eigenvalue weighted by molar-refractivity contribution is -0.241. The molecule has 2 aliphatic heterocycles. The molecule has 0 aromatic carbocycles. The van der Waals surface area contributed by atoms with E-state index in [9.17, 15) is 5.11 Å². The molecular formula is C19H34O6Si. The van der Waals surface area contributed by atoms with Gasteiger partial charge in [0.15, 0.2) is 12.1 Å². The number of aliphatic hydroxyl groups excluding tert-OH is 1. The Morgan fingerprint density at radius 3 is 2.50 bits per heavy atom. The van der Waals surface area contributed by atoms with Crippen molar-refractivity contribution in [3.8, 4) is 0 Å². The molecule has 2 bridgehead atoms. The molecule has 7 heteroatoms. The average Bonchev–Trinajstić information content (AvgIpc) is 3.04. The van der Waals surface area contributed by atoms with Gasteiger partial charge in [0.2, 0.25) is 0 Å². The molecule has 2 saturated carbocycles. The van der Waals surface area contributed by atoms with Gasteiger partial charge in [-0.2, -0.15) is 0 Å². The van der Waals surface area contributed by atoms with Gasteiger partial charge in [0.05, 0.1) is 12.2 Å². The Morgan fingerprint density at radius 2 is 1.77 bits per heavy atom. The molecule has 0 radical (unpaired) electrons. The summed E-state index contributed by atoms with van der Waals surface area (Å²) in [7, 11) is -1.11. The summed E-state index contributed by atoms with van der Waals surface area (Å²) >= 11 is 0. The van der Waals surface area contributed by atoms with E-state index >= 15 is 0 Å². The Hall–Kier alpha value is -0.0231. The van der Waals surface area contributed by atoms with Crippen molar-refractivity contribution in [1.29, 1.82) is 0 Å². The van der Waals surface area contributed by atoms with Crippen LogP contribution >= 0.6 is 0 Å². The first kappa shape index (κ1) is 19.3. The van der Waals surface area contributed by atoms with Gasteiger partial charge < -0.3 is 28.8 Å². The van der Waals surface area contributed by atoms with Gasteiger partial charge in [0.25, 0.3) is 0 Å². The summed E-state index contributed by atoms with van der Waals surface area (Å²) in [4.78, 5) is 0. The van der Waals surface area contributed by atoms with Crippen molar-refractivity contribution in [1.82, 2.24) is 0 Å². The summed E-state index contributed by atoms with van der Waals surface area (Å²) in [6.45, 7) is 7.89. The van der Waals surface area contributed by atoms with Crippen molar-refractivity contribution in [2.24, 2.45) is 0 Å². The van der Waals surface area contributed by atoms with Crippen LogP contribution in [0.25, 0.3) is 0 Å². The van der Waals surface area contributed by atoms with Crippen LogP contribution < -0.4 is 0 Å². The zero-order valence-electron chi connectivity index (χ0n) is 16.4. The summed E-state index contributed by atoms with van der Waals surface area (Å²) in [5.41, 5.74) is -0.728. The molecule has 150 valence electrons. The predicted molar refractivity (Wildman–Crippen MR) is 98.5 cm³/mol. The maximum Gasteiger partial charge on any atom is 0.184 e. The highest BCUT2D eigenvalue weighted by Gasteiger charge is 2.64. The molecule has 6 nitrogen and oxygen atoms in total. The third-order valence-electron chi connectivity index (χ3n) is 6.34. The third-order valence-corrected chi connectivity index (χ3v) is 8.04. The molecule has 0 amide bonds. The lowest BCUT2D eigenvalue weighted by Crippen LogP contribution is -2.50. The van der Waals surface area contributed by atoms with Gasteiger partial charge >= 0.3 is 0 Å². The minimum absolute atomic E-state index is 0.0639. The second kappa shape index (κ2) is 7.10. The molecular weight excluding hydrogens is 352 g/mol. The molecule has 26 heavy (non-hydrogen) atoms. The van der Waals surface area contributed by atoms with E-state index < -0.39 is 25.8 Å². The summed E-state index contributed by atoms with van der Waals surface area (Å²) < 4.78 is 30.3. The van der Waals surface area contributed by atoms with E-state index in [4.69, 9.17) is 23.7 Å². The van der Waals surface area contributed by atoms with Crippen LogP contribution in [0, 0.1) is 0 Å². The molecule has 1 N–H and O–H groups in total. The summed E-state index contributed by atoms with van der Waals surface area (Å²) in [6.07, 6.45) is 5.48. The quantitative estimate of drug-likeness (QED) is 0.430. The summed E-state index contributed by atoms with van der Waals surface area (Å²) in [5, 5.41) is 10.5. The fourth-order valence-corrected chi connectivity index (χ4v) is 5.53. The Morgan fingerprint density at radius 1 is 1.04 bits per heavy atom. The van der Waals surface area contributed by atoms with Gasteiger partial charge in [-0.15, -0.1) is 0 Å². The standard InChI is InChI=1S/C19H34O6Si/c1-26(2,3)10-9-21-13-22-18-11-14(23-17(18)20)16-15(12-18)24-19(25-16)7-5-4-6-8-19/h14-17,20H,4-13H2,1-3H3/t14-,15-,16+,17?,18-/m1/s1. The van der Waals surface area contributed by atoms with Gasteiger partial charge in [-0.25, -0.2) is 0 Å². The van der Waals surface area contributed by atoms with Gasteiger partial charge in [-0.05, 0) is 18.9 Å². The van der Waals surface area contributed by atoms with Gasteiger partial charge in [0, 0.05) is 40.4 Å². The highest BCUT2D eigenvalue weighted by molar-refractivity contribution is 6.76. The van der Waals surface area contributed by atoms with Crippen LogP contribution in [0.2, 0.25) is 25.7 Å². The first-order valence-corrected chi connectivity index (χ1v) is 13.9. The van der Waals surface area contributed by atoms with E-state index in [1.165, 1.54) is 6.42 Å². The minimum atomic E-state index is -1.11. The van der Waals surface area contributed by atoms with E-state index in [0.717, 1.165) is 31.7 Å². The van der Waals surface area contributed by atoms with Crippen LogP contribution in [0.5, 0.6) is 0 Å². The zero-order valence-corrected chi connectivity index (χ0v) is 17.4. The lowest BCUT2D eigenvalue weighted by atomic mass is 9.82. The Bertz CT molecular complexity index is 503. The maximum absolute atomic E-state index is 10.5. The first-order chi connectivity index (χ1) is 12.3. The van der Waals surface area contributed by atoms with Crippen molar-refractivity contribution >= 4 is 8.07 Å². The minimum Gasteiger partial charge on any atom is -0.366 e. The van der Waals surface area contributed by atoms with E-state index in [-0.39, 0.29) is 25.1 Å². The summed E-state index contributed by atoms with van der Waals surface area (Å²) in [6, 6.07) is 1.11. The Labute approximate surface area is 157 Å². The number of rotatable bonds is 6. The molecule has 5 atom stereocenters. The fraction of sp³-hybridized carbons (Fsp3) is 1.00. The molecule has 1 unspecified atom stereocenters. The highest BCUT2D eigenvalue weighted by Crippen LogP contribution is 2.52. The number of aliphatic hydroxyl groups is 1. The molecule has 2 saturated heterocycles. The van der Waals surface area contributed by atoms with Gasteiger partial charge in [0.1, 0.15) is 18.5 Å². The topological polar surface area (TPSA) is 66.4 Å². The van der Waals surface area contributed by atoms with E-state index in [2.05, 4.69) is 19.6 Å². The Kier molecular flexibility index (Phi) is 5.27. The van der Waals surface area contributed by atoms with Crippen LogP contribution in [-0.2, 0) is 23.7 Å². The molecule has 0 aromatic rings. The lowest BCUT2D eigenvalue weighted by Gasteiger charge is -2.36. The summed E-state index contributed by atoms with van der Waals surface area (Å²) in [5.74, 6) is -0.429. The largest absolute Gasteiger partial charge is 0.366 e. The second-order valence-corrected chi connectivity index (χ2v) is 15.3. The van der Waals surface area contributed by atoms with Crippen molar-refractivity contribution in [3.05, 3.63) is 0 Å². The van der Waals surface area contributed by atoms with Crippen LogP contribution in [0.15, 0.2) is 0 Å². The van der Waals surface area contributed by atoms with Crippen LogP contribution in [-0.4, -0.2) is 62.6 Å². The fourth-order valence-electron chi connectivity index (χ4n) is 4.78. The van der Waals surface area contributed by atoms with Crippen LogP contribution in [0.3, 0.4) is 0 Å². The molecule has 4 rings (SSSR count).